The van der Waals surface area contributed by atoms with Crippen molar-refractivity contribution in [3.8, 4) is 5.75 Å². The Morgan fingerprint density at radius 3 is 2.93 bits per heavy atom. The van der Waals surface area contributed by atoms with Gasteiger partial charge in [0.1, 0.15) is 17.3 Å². The molecule has 0 aliphatic carbocycles. The molecule has 2 rings (SSSR count). The molecule has 0 radical (unpaired) electrons. The normalized spacial score (nSPS) is 14.4. The van der Waals surface area contributed by atoms with E-state index in [0.717, 1.165) is 12.0 Å². The van der Waals surface area contributed by atoms with Gasteiger partial charge in [0.15, 0.2) is 0 Å². The van der Waals surface area contributed by atoms with E-state index >= 15 is 0 Å². The van der Waals surface area contributed by atoms with E-state index in [1.165, 1.54) is 11.6 Å². The van der Waals surface area contributed by atoms with Crippen molar-refractivity contribution in [2.75, 3.05) is 0 Å². The smallest absolute Gasteiger partial charge is 0.138 e. The first-order valence-electron chi connectivity index (χ1n) is 4.61. The van der Waals surface area contributed by atoms with Crippen LogP contribution in [-0.2, 0) is 6.42 Å². The molecule has 14 heavy (non-hydrogen) atoms. The molecule has 0 saturated heterocycles. The summed E-state index contributed by atoms with van der Waals surface area (Å²) in [4.78, 5) is 0. The van der Waals surface area contributed by atoms with Crippen molar-refractivity contribution in [1.29, 1.82) is 0 Å². The molecular weight excluding hydrogens is 176 g/mol. The zero-order valence-electron chi connectivity index (χ0n) is 8.08. The molecule has 0 spiro atoms. The molecule has 0 unspecified atom stereocenters. The van der Waals surface area contributed by atoms with Crippen LogP contribution in [0.4, 0.5) is 0 Å². The zero-order valence-corrected chi connectivity index (χ0v) is 8.08. The highest BCUT2D eigenvalue weighted by Crippen LogP contribution is 2.32. The minimum atomic E-state index is 0.228. The minimum absolute atomic E-state index is 0.228. The van der Waals surface area contributed by atoms with Crippen LogP contribution in [0, 0.1) is 0 Å². The molecule has 0 amide bonds. The number of aliphatic hydroxyl groups is 1. The van der Waals surface area contributed by atoms with Crippen LogP contribution in [0.5, 0.6) is 5.75 Å². The lowest BCUT2D eigenvalue weighted by molar-refractivity contribution is 0.420. The van der Waals surface area contributed by atoms with Gasteiger partial charge in [-0.05, 0) is 24.1 Å². The van der Waals surface area contributed by atoms with Crippen LogP contribution < -0.4 is 4.74 Å². The molecule has 1 aliphatic rings. The van der Waals surface area contributed by atoms with Crippen LogP contribution in [0.25, 0.3) is 5.76 Å². The number of benzene rings is 1. The molecule has 1 aliphatic heterocycles. The summed E-state index contributed by atoms with van der Waals surface area (Å²) in [7, 11) is 0. The molecule has 1 aromatic carbocycles. The molecule has 0 fully saturated rings. The van der Waals surface area contributed by atoms with E-state index in [-0.39, 0.29) is 5.76 Å². The molecule has 72 valence electrons. The molecule has 0 aromatic heterocycles. The summed E-state index contributed by atoms with van der Waals surface area (Å²) in [6.07, 6.45) is 2.48. The Balaban J connectivity index is 2.53. The third kappa shape index (κ3) is 1.39. The van der Waals surface area contributed by atoms with Crippen molar-refractivity contribution in [2.24, 2.45) is 0 Å². The van der Waals surface area contributed by atoms with E-state index in [1.807, 2.05) is 18.2 Å². The highest BCUT2D eigenvalue weighted by Gasteiger charge is 2.15. The van der Waals surface area contributed by atoms with Crippen LogP contribution >= 0.6 is 0 Å². The van der Waals surface area contributed by atoms with E-state index in [2.05, 4.69) is 13.5 Å². The van der Waals surface area contributed by atoms with Gasteiger partial charge in [-0.3, -0.25) is 0 Å². The number of hydrogen-bond donors (Lipinski definition) is 1. The quantitative estimate of drug-likeness (QED) is 0.734. The number of aliphatic hydroxyl groups excluding tert-OH is 1. The van der Waals surface area contributed by atoms with Gasteiger partial charge >= 0.3 is 0 Å². The van der Waals surface area contributed by atoms with Gasteiger partial charge in [-0.1, -0.05) is 19.6 Å². The molecule has 0 bridgehead atoms. The lowest BCUT2D eigenvalue weighted by atomic mass is 10.0. The van der Waals surface area contributed by atoms with Crippen molar-refractivity contribution in [3.63, 3.8) is 0 Å². The molecule has 1 heterocycles. The summed E-state index contributed by atoms with van der Waals surface area (Å²) >= 11 is 0. The second kappa shape index (κ2) is 3.22. The Bertz CT molecular complexity index is 416. The first-order chi connectivity index (χ1) is 6.70. The van der Waals surface area contributed by atoms with Gasteiger partial charge in [-0.2, -0.15) is 0 Å². The fourth-order valence-corrected chi connectivity index (χ4v) is 1.49. The molecule has 0 atom stereocenters. The van der Waals surface area contributed by atoms with E-state index in [1.54, 1.807) is 0 Å². The molecule has 2 heteroatoms. The van der Waals surface area contributed by atoms with Crippen LogP contribution in [0.15, 0.2) is 36.6 Å². The second-order valence-corrected chi connectivity index (χ2v) is 3.28. The summed E-state index contributed by atoms with van der Waals surface area (Å²) in [6.45, 7) is 5.72. The van der Waals surface area contributed by atoms with Gasteiger partial charge in [-0.15, -0.1) is 0 Å². The number of allylic oxidation sites excluding steroid dienone is 1. The van der Waals surface area contributed by atoms with E-state index in [9.17, 15) is 5.11 Å². The Morgan fingerprint density at radius 1 is 1.43 bits per heavy atom. The molecule has 2 nitrogen and oxygen atoms in total. The molecule has 1 aromatic rings. The largest absolute Gasteiger partial charge is 0.507 e. The number of fused-ring (bicyclic) bond motifs is 1. The topological polar surface area (TPSA) is 29.5 Å². The maximum atomic E-state index is 9.67. The van der Waals surface area contributed by atoms with Gasteiger partial charge in [0.05, 0.1) is 5.56 Å². The van der Waals surface area contributed by atoms with Crippen molar-refractivity contribution >= 4 is 5.76 Å². The maximum Gasteiger partial charge on any atom is 0.138 e. The summed E-state index contributed by atoms with van der Waals surface area (Å²) in [6, 6.07) is 5.79. The summed E-state index contributed by atoms with van der Waals surface area (Å²) in [5.74, 6) is 1.37. The Kier molecular flexibility index (Phi) is 2.04. The van der Waals surface area contributed by atoms with Gasteiger partial charge in [0.25, 0.3) is 0 Å². The second-order valence-electron chi connectivity index (χ2n) is 3.28. The van der Waals surface area contributed by atoms with Crippen molar-refractivity contribution < 1.29 is 9.84 Å². The van der Waals surface area contributed by atoms with Crippen molar-refractivity contribution in [2.45, 2.75) is 13.3 Å². The van der Waals surface area contributed by atoms with Gasteiger partial charge in [-0.25, -0.2) is 0 Å². The minimum Gasteiger partial charge on any atom is -0.507 e. The Labute approximate surface area is 83.1 Å². The van der Waals surface area contributed by atoms with Gasteiger partial charge in [0.2, 0.25) is 0 Å². The highest BCUT2D eigenvalue weighted by atomic mass is 16.5. The molecule has 0 saturated carbocycles. The number of aryl methyl sites for hydroxylation is 1. The van der Waals surface area contributed by atoms with Crippen molar-refractivity contribution in [1.82, 2.24) is 0 Å². The first kappa shape index (κ1) is 8.88. The van der Waals surface area contributed by atoms with E-state index in [0.29, 0.717) is 11.5 Å². The summed E-state index contributed by atoms with van der Waals surface area (Å²) < 4.78 is 5.37. The van der Waals surface area contributed by atoms with Crippen LogP contribution in [0.1, 0.15) is 18.1 Å². The average molecular weight is 188 g/mol. The lowest BCUT2D eigenvalue weighted by Gasteiger charge is -2.16. The van der Waals surface area contributed by atoms with Crippen molar-refractivity contribution in [3.05, 3.63) is 47.7 Å². The van der Waals surface area contributed by atoms with Crippen LogP contribution in [0.3, 0.4) is 0 Å². The Morgan fingerprint density at radius 2 is 2.21 bits per heavy atom. The monoisotopic (exact) mass is 188 g/mol. The summed E-state index contributed by atoms with van der Waals surface area (Å²) in [5, 5.41) is 9.67. The molecular formula is C12H12O2. The third-order valence-electron chi connectivity index (χ3n) is 2.27. The van der Waals surface area contributed by atoms with Gasteiger partial charge < -0.3 is 9.84 Å². The first-order valence-corrected chi connectivity index (χ1v) is 4.61. The highest BCUT2D eigenvalue weighted by molar-refractivity contribution is 5.69. The standard InChI is InChI=1S/C12H12O2/c1-3-9-4-5-12-10(7-9)11(13)6-8(2)14-12/h4-7,13H,2-3H2,1H3. The van der Waals surface area contributed by atoms with E-state index < -0.39 is 0 Å². The van der Waals surface area contributed by atoms with Crippen LogP contribution in [-0.4, -0.2) is 5.11 Å². The third-order valence-corrected chi connectivity index (χ3v) is 2.27. The zero-order chi connectivity index (χ0) is 10.1. The predicted molar refractivity (Wildman–Crippen MR) is 56.2 cm³/mol. The Hall–Kier alpha value is -1.70. The van der Waals surface area contributed by atoms with Gasteiger partial charge in [0, 0.05) is 6.08 Å². The lowest BCUT2D eigenvalue weighted by Crippen LogP contribution is -2.02. The fraction of sp³-hybridized carbons (Fsp3) is 0.167. The fourth-order valence-electron chi connectivity index (χ4n) is 1.49. The SMILES string of the molecule is C=C1C=C(O)c2cc(CC)ccc2O1. The summed E-state index contributed by atoms with van der Waals surface area (Å²) in [5.41, 5.74) is 1.93. The molecule has 1 N–H and O–H groups in total. The number of rotatable bonds is 1. The number of ether oxygens (including phenoxy) is 1. The maximum absolute atomic E-state index is 9.67. The van der Waals surface area contributed by atoms with E-state index in [4.69, 9.17) is 4.74 Å². The average Bonchev–Trinajstić information content (AvgIpc) is 2.17. The predicted octanol–water partition coefficient (Wildman–Crippen LogP) is 3.05. The van der Waals surface area contributed by atoms with Crippen LogP contribution in [0.2, 0.25) is 0 Å². The number of hydrogen-bond acceptors (Lipinski definition) is 2.